The normalized spacial score (nSPS) is 14.2. The molecular weight excluding hydrogens is 208 g/mol. The maximum absolute atomic E-state index is 11.7. The van der Waals surface area contributed by atoms with Crippen molar-refractivity contribution in [3.05, 3.63) is 28.2 Å². The SMILES string of the molecule is CC(CN)C(C)NC(=O)c1ccc(=O)[nH]n1. The summed E-state index contributed by atoms with van der Waals surface area (Å²) >= 11 is 0. The summed E-state index contributed by atoms with van der Waals surface area (Å²) < 4.78 is 0. The number of hydrogen-bond donors (Lipinski definition) is 3. The number of amides is 1. The molecule has 0 aliphatic carbocycles. The zero-order valence-electron chi connectivity index (χ0n) is 9.36. The van der Waals surface area contributed by atoms with Crippen LogP contribution in [0.25, 0.3) is 0 Å². The molecule has 0 aliphatic heterocycles. The molecule has 0 aliphatic rings. The maximum atomic E-state index is 11.7. The summed E-state index contributed by atoms with van der Waals surface area (Å²) in [5.41, 5.74) is 5.35. The Kier molecular flexibility index (Phi) is 4.19. The number of nitrogens with two attached hydrogens (primary N) is 1. The van der Waals surface area contributed by atoms with Gasteiger partial charge in [0.25, 0.3) is 11.5 Å². The van der Waals surface area contributed by atoms with E-state index >= 15 is 0 Å². The third-order valence-electron chi connectivity index (χ3n) is 2.50. The third kappa shape index (κ3) is 3.16. The number of nitrogens with one attached hydrogen (secondary N) is 2. The molecule has 0 radical (unpaired) electrons. The van der Waals surface area contributed by atoms with Gasteiger partial charge in [-0.1, -0.05) is 6.92 Å². The van der Waals surface area contributed by atoms with E-state index in [2.05, 4.69) is 15.5 Å². The van der Waals surface area contributed by atoms with Crippen molar-refractivity contribution in [1.29, 1.82) is 0 Å². The molecule has 1 amide bonds. The molecule has 16 heavy (non-hydrogen) atoms. The summed E-state index contributed by atoms with van der Waals surface area (Å²) in [6.07, 6.45) is 0. The first kappa shape index (κ1) is 12.4. The highest BCUT2D eigenvalue weighted by molar-refractivity contribution is 5.92. The van der Waals surface area contributed by atoms with E-state index in [4.69, 9.17) is 5.73 Å². The quantitative estimate of drug-likeness (QED) is 0.640. The number of carbonyl (C=O) groups is 1. The summed E-state index contributed by atoms with van der Waals surface area (Å²) in [5.74, 6) is -0.129. The van der Waals surface area contributed by atoms with Crippen LogP contribution in [0.5, 0.6) is 0 Å². The van der Waals surface area contributed by atoms with Gasteiger partial charge in [0.1, 0.15) is 5.69 Å². The number of H-pyrrole nitrogens is 1. The second-order valence-corrected chi connectivity index (χ2v) is 3.78. The second-order valence-electron chi connectivity index (χ2n) is 3.78. The first-order chi connectivity index (χ1) is 7.54. The van der Waals surface area contributed by atoms with Gasteiger partial charge in [-0.25, -0.2) is 5.10 Å². The Morgan fingerprint density at radius 3 is 2.75 bits per heavy atom. The monoisotopic (exact) mass is 224 g/mol. The molecule has 0 fully saturated rings. The van der Waals surface area contributed by atoms with Crippen molar-refractivity contribution in [3.63, 3.8) is 0 Å². The van der Waals surface area contributed by atoms with E-state index in [1.807, 2.05) is 13.8 Å². The fourth-order valence-corrected chi connectivity index (χ4v) is 1.10. The van der Waals surface area contributed by atoms with Crippen molar-refractivity contribution in [3.8, 4) is 0 Å². The predicted octanol–water partition coefficient (Wildman–Crippen LogP) is -0.517. The van der Waals surface area contributed by atoms with Gasteiger partial charge < -0.3 is 11.1 Å². The lowest BCUT2D eigenvalue weighted by molar-refractivity contribution is 0.0923. The van der Waals surface area contributed by atoms with Gasteiger partial charge in [-0.05, 0) is 25.5 Å². The van der Waals surface area contributed by atoms with Crippen molar-refractivity contribution in [2.45, 2.75) is 19.9 Å². The maximum Gasteiger partial charge on any atom is 0.271 e. The van der Waals surface area contributed by atoms with Crippen molar-refractivity contribution in [1.82, 2.24) is 15.5 Å². The highest BCUT2D eigenvalue weighted by atomic mass is 16.2. The average Bonchev–Trinajstić information content (AvgIpc) is 2.28. The molecule has 2 atom stereocenters. The van der Waals surface area contributed by atoms with E-state index < -0.39 is 0 Å². The Morgan fingerprint density at radius 2 is 2.25 bits per heavy atom. The summed E-state index contributed by atoms with van der Waals surface area (Å²) in [6.45, 7) is 4.33. The molecule has 0 saturated carbocycles. The van der Waals surface area contributed by atoms with Gasteiger partial charge in [0, 0.05) is 12.1 Å². The van der Waals surface area contributed by atoms with Gasteiger partial charge in [0.05, 0.1) is 0 Å². The first-order valence-electron chi connectivity index (χ1n) is 5.11. The third-order valence-corrected chi connectivity index (χ3v) is 2.50. The summed E-state index contributed by atoms with van der Waals surface area (Å²) in [6, 6.07) is 2.61. The standard InChI is InChI=1S/C10H16N4O2/c1-6(5-11)7(2)12-10(16)8-3-4-9(15)14-13-8/h3-4,6-7H,5,11H2,1-2H3,(H,12,16)(H,14,15). The van der Waals surface area contributed by atoms with Crippen LogP contribution >= 0.6 is 0 Å². The van der Waals surface area contributed by atoms with Crippen LogP contribution in [0.15, 0.2) is 16.9 Å². The van der Waals surface area contributed by atoms with Crippen LogP contribution in [0.1, 0.15) is 24.3 Å². The van der Waals surface area contributed by atoms with E-state index in [1.54, 1.807) is 0 Å². The van der Waals surface area contributed by atoms with E-state index in [9.17, 15) is 9.59 Å². The van der Waals surface area contributed by atoms with Gasteiger partial charge in [0.15, 0.2) is 0 Å². The van der Waals surface area contributed by atoms with Gasteiger partial charge in [0.2, 0.25) is 0 Å². The molecule has 2 unspecified atom stereocenters. The molecule has 88 valence electrons. The lowest BCUT2D eigenvalue weighted by Crippen LogP contribution is -2.40. The van der Waals surface area contributed by atoms with Crippen LogP contribution in [-0.2, 0) is 0 Å². The van der Waals surface area contributed by atoms with Crippen LogP contribution in [0.3, 0.4) is 0 Å². The molecule has 0 aromatic carbocycles. The highest BCUT2D eigenvalue weighted by Gasteiger charge is 2.15. The zero-order valence-corrected chi connectivity index (χ0v) is 9.36. The minimum Gasteiger partial charge on any atom is -0.348 e. The van der Waals surface area contributed by atoms with Crippen LogP contribution < -0.4 is 16.6 Å². The molecule has 1 aromatic heterocycles. The zero-order chi connectivity index (χ0) is 12.1. The van der Waals surface area contributed by atoms with Crippen molar-refractivity contribution >= 4 is 5.91 Å². The Balaban J connectivity index is 2.65. The van der Waals surface area contributed by atoms with E-state index in [0.717, 1.165) is 0 Å². The predicted molar refractivity (Wildman–Crippen MR) is 60.0 cm³/mol. The fourth-order valence-electron chi connectivity index (χ4n) is 1.10. The largest absolute Gasteiger partial charge is 0.348 e. The Morgan fingerprint density at radius 1 is 1.56 bits per heavy atom. The summed E-state index contributed by atoms with van der Waals surface area (Å²) in [4.78, 5) is 22.4. The van der Waals surface area contributed by atoms with E-state index in [1.165, 1.54) is 12.1 Å². The first-order valence-corrected chi connectivity index (χ1v) is 5.11. The van der Waals surface area contributed by atoms with Gasteiger partial charge >= 0.3 is 0 Å². The van der Waals surface area contributed by atoms with Crippen molar-refractivity contribution in [2.75, 3.05) is 6.54 Å². The van der Waals surface area contributed by atoms with Crippen LogP contribution in [0.4, 0.5) is 0 Å². The van der Waals surface area contributed by atoms with Crippen LogP contribution in [0, 0.1) is 5.92 Å². The number of nitrogens with zero attached hydrogens (tertiary/aromatic N) is 1. The smallest absolute Gasteiger partial charge is 0.271 e. The van der Waals surface area contributed by atoms with E-state index in [-0.39, 0.29) is 29.1 Å². The molecule has 1 rings (SSSR count). The summed E-state index contributed by atoms with van der Waals surface area (Å²) in [5, 5.41) is 8.60. The molecule has 0 saturated heterocycles. The number of aromatic nitrogens is 2. The Hall–Kier alpha value is -1.69. The molecule has 1 aromatic rings. The van der Waals surface area contributed by atoms with E-state index in [0.29, 0.717) is 6.54 Å². The molecule has 6 nitrogen and oxygen atoms in total. The average molecular weight is 224 g/mol. The molecule has 1 heterocycles. The number of aromatic amines is 1. The minimum absolute atomic E-state index is 0.0359. The number of rotatable bonds is 4. The lowest BCUT2D eigenvalue weighted by atomic mass is 10.0. The molecule has 4 N–H and O–H groups in total. The Labute approximate surface area is 93.2 Å². The van der Waals surface area contributed by atoms with Gasteiger partial charge in [-0.15, -0.1) is 0 Å². The number of hydrogen-bond acceptors (Lipinski definition) is 4. The summed E-state index contributed by atoms with van der Waals surface area (Å²) in [7, 11) is 0. The molecule has 0 bridgehead atoms. The molecular formula is C10H16N4O2. The fraction of sp³-hybridized carbons (Fsp3) is 0.500. The molecule has 0 spiro atoms. The van der Waals surface area contributed by atoms with Gasteiger partial charge in [-0.3, -0.25) is 9.59 Å². The highest BCUT2D eigenvalue weighted by Crippen LogP contribution is 2.00. The second kappa shape index (κ2) is 5.41. The van der Waals surface area contributed by atoms with Gasteiger partial charge in [-0.2, -0.15) is 5.10 Å². The lowest BCUT2D eigenvalue weighted by Gasteiger charge is -2.19. The van der Waals surface area contributed by atoms with Crippen molar-refractivity contribution in [2.24, 2.45) is 11.7 Å². The molecule has 6 heteroatoms. The minimum atomic E-state index is -0.333. The number of carbonyl (C=O) groups excluding carboxylic acids is 1. The Bertz CT molecular complexity index is 395. The van der Waals surface area contributed by atoms with Crippen LogP contribution in [-0.4, -0.2) is 28.7 Å². The van der Waals surface area contributed by atoms with Crippen LogP contribution in [0.2, 0.25) is 0 Å². The van der Waals surface area contributed by atoms with Crippen molar-refractivity contribution < 1.29 is 4.79 Å². The topological polar surface area (TPSA) is 101 Å².